The van der Waals surface area contributed by atoms with Gasteiger partial charge in [-0.15, -0.1) is 11.6 Å². The number of rotatable bonds is 4. The monoisotopic (exact) mass is 215 g/mol. The minimum Gasteiger partial charge on any atom is -0.313 e. The van der Waals surface area contributed by atoms with Crippen molar-refractivity contribution in [2.24, 2.45) is 5.41 Å². The molecule has 0 unspecified atom stereocenters. The molecule has 2 aliphatic carbocycles. The molecule has 0 spiro atoms. The van der Waals surface area contributed by atoms with Crippen molar-refractivity contribution in [3.05, 3.63) is 0 Å². The van der Waals surface area contributed by atoms with E-state index in [-0.39, 0.29) is 0 Å². The predicted octanol–water partition coefficient (Wildman–Crippen LogP) is 3.32. The van der Waals surface area contributed by atoms with E-state index in [1.807, 2.05) is 0 Å². The van der Waals surface area contributed by atoms with Gasteiger partial charge < -0.3 is 5.32 Å². The minimum absolute atomic E-state index is 0.494. The Hall–Kier alpha value is 0.250. The molecule has 0 atom stereocenters. The number of hydrogen-bond acceptors (Lipinski definition) is 1. The second-order valence-electron chi connectivity index (χ2n) is 5.20. The van der Waals surface area contributed by atoms with Crippen molar-refractivity contribution < 1.29 is 0 Å². The first-order valence-corrected chi connectivity index (χ1v) is 6.67. The molecule has 0 heterocycles. The van der Waals surface area contributed by atoms with Gasteiger partial charge in [-0.05, 0) is 31.1 Å². The fourth-order valence-corrected chi connectivity index (χ4v) is 2.74. The molecule has 2 fully saturated rings. The van der Waals surface area contributed by atoms with Gasteiger partial charge in [-0.1, -0.05) is 25.7 Å². The summed E-state index contributed by atoms with van der Waals surface area (Å²) >= 11 is 5.97. The number of hydrogen-bond donors (Lipinski definition) is 1. The van der Waals surface area contributed by atoms with Crippen LogP contribution in [0.1, 0.15) is 51.4 Å². The predicted molar refractivity (Wildman–Crippen MR) is 61.9 cm³/mol. The maximum atomic E-state index is 5.97. The number of halogens is 1. The lowest BCUT2D eigenvalue weighted by Gasteiger charge is -2.20. The van der Waals surface area contributed by atoms with Crippen molar-refractivity contribution in [2.75, 3.05) is 12.4 Å². The zero-order valence-corrected chi connectivity index (χ0v) is 9.78. The van der Waals surface area contributed by atoms with E-state index >= 15 is 0 Å². The minimum atomic E-state index is 0.494. The van der Waals surface area contributed by atoms with Crippen LogP contribution in [-0.2, 0) is 0 Å². The molecule has 2 saturated carbocycles. The largest absolute Gasteiger partial charge is 0.313 e. The van der Waals surface area contributed by atoms with Crippen LogP contribution in [0.5, 0.6) is 0 Å². The van der Waals surface area contributed by atoms with Gasteiger partial charge in [0.25, 0.3) is 0 Å². The Labute approximate surface area is 92.6 Å². The van der Waals surface area contributed by atoms with Crippen LogP contribution in [-0.4, -0.2) is 18.5 Å². The van der Waals surface area contributed by atoms with Gasteiger partial charge in [0.05, 0.1) is 0 Å². The van der Waals surface area contributed by atoms with Crippen LogP contribution in [0.15, 0.2) is 0 Å². The van der Waals surface area contributed by atoms with Gasteiger partial charge in [0, 0.05) is 18.5 Å². The van der Waals surface area contributed by atoms with Crippen LogP contribution in [0.2, 0.25) is 0 Å². The summed E-state index contributed by atoms with van der Waals surface area (Å²) in [4.78, 5) is 0. The second-order valence-corrected chi connectivity index (χ2v) is 5.47. The van der Waals surface area contributed by atoms with Crippen LogP contribution >= 0.6 is 11.6 Å². The van der Waals surface area contributed by atoms with Gasteiger partial charge in [-0.25, -0.2) is 0 Å². The van der Waals surface area contributed by atoms with E-state index < -0.39 is 0 Å². The first-order valence-electron chi connectivity index (χ1n) is 6.14. The lowest BCUT2D eigenvalue weighted by molar-refractivity contribution is 0.406. The molecule has 0 aromatic rings. The molecule has 0 radical (unpaired) electrons. The van der Waals surface area contributed by atoms with Gasteiger partial charge in [0.15, 0.2) is 0 Å². The molecule has 0 aromatic carbocycles. The summed E-state index contributed by atoms with van der Waals surface area (Å²) in [5.41, 5.74) is 0.494. The number of alkyl halides is 1. The summed E-state index contributed by atoms with van der Waals surface area (Å²) < 4.78 is 0. The summed E-state index contributed by atoms with van der Waals surface area (Å²) in [7, 11) is 0. The van der Waals surface area contributed by atoms with Crippen molar-refractivity contribution in [3.63, 3.8) is 0 Å². The first-order chi connectivity index (χ1) is 6.85. The molecule has 0 saturated heterocycles. The highest BCUT2D eigenvalue weighted by Gasteiger charge is 2.41. The molecular formula is C12H22ClN. The molecule has 1 N–H and O–H groups in total. The van der Waals surface area contributed by atoms with Gasteiger partial charge in [-0.3, -0.25) is 0 Å². The molecule has 0 aromatic heterocycles. The van der Waals surface area contributed by atoms with E-state index in [2.05, 4.69) is 5.32 Å². The molecule has 2 rings (SSSR count). The van der Waals surface area contributed by atoms with Crippen LogP contribution in [0, 0.1) is 5.41 Å². The highest BCUT2D eigenvalue weighted by Crippen LogP contribution is 2.46. The number of nitrogens with one attached hydrogen (secondary N) is 1. The van der Waals surface area contributed by atoms with Gasteiger partial charge in [0.2, 0.25) is 0 Å². The van der Waals surface area contributed by atoms with Crippen LogP contribution < -0.4 is 5.32 Å². The quantitative estimate of drug-likeness (QED) is 0.561. The van der Waals surface area contributed by atoms with E-state index in [0.29, 0.717) is 5.41 Å². The van der Waals surface area contributed by atoms with Crippen molar-refractivity contribution >= 4 is 11.6 Å². The molecule has 0 bridgehead atoms. The van der Waals surface area contributed by atoms with Crippen molar-refractivity contribution in [3.8, 4) is 0 Å². The highest BCUT2D eigenvalue weighted by molar-refractivity contribution is 6.18. The molecule has 2 heteroatoms. The van der Waals surface area contributed by atoms with E-state index in [4.69, 9.17) is 11.6 Å². The third-order valence-electron chi connectivity index (χ3n) is 3.86. The zero-order chi connectivity index (χ0) is 9.86. The first kappa shape index (κ1) is 10.8. The maximum absolute atomic E-state index is 5.97. The summed E-state index contributed by atoms with van der Waals surface area (Å²) in [6, 6.07) is 0.790. The molecular weight excluding hydrogens is 194 g/mol. The van der Waals surface area contributed by atoms with Crippen molar-refractivity contribution in [1.29, 1.82) is 0 Å². The maximum Gasteiger partial charge on any atom is 0.0292 e. The lowest BCUT2D eigenvalue weighted by atomic mass is 10.1. The Bertz CT molecular complexity index is 169. The molecule has 82 valence electrons. The molecule has 2 aliphatic rings. The fourth-order valence-electron chi connectivity index (χ4n) is 2.38. The highest BCUT2D eigenvalue weighted by atomic mass is 35.5. The summed E-state index contributed by atoms with van der Waals surface area (Å²) in [5, 5.41) is 3.73. The second kappa shape index (κ2) is 4.85. The van der Waals surface area contributed by atoms with Crippen LogP contribution in [0.25, 0.3) is 0 Å². The van der Waals surface area contributed by atoms with Crippen molar-refractivity contribution in [2.45, 2.75) is 57.4 Å². The van der Waals surface area contributed by atoms with Gasteiger partial charge in [0.1, 0.15) is 0 Å². The van der Waals surface area contributed by atoms with Gasteiger partial charge >= 0.3 is 0 Å². The standard InChI is InChI=1S/C12H22ClN/c13-9-12(7-8-12)10-14-11-5-3-1-2-4-6-11/h11,14H,1-10H2. The molecule has 1 nitrogen and oxygen atoms in total. The normalized spacial score (nSPS) is 27.2. The SMILES string of the molecule is ClCC1(CNC2CCCCCC2)CC1. The molecule has 0 amide bonds. The lowest BCUT2D eigenvalue weighted by Crippen LogP contribution is -2.34. The van der Waals surface area contributed by atoms with Crippen LogP contribution in [0.3, 0.4) is 0 Å². The summed E-state index contributed by atoms with van der Waals surface area (Å²) in [6.07, 6.45) is 11.2. The molecule has 14 heavy (non-hydrogen) atoms. The van der Waals surface area contributed by atoms with Gasteiger partial charge in [-0.2, -0.15) is 0 Å². The van der Waals surface area contributed by atoms with E-state index in [0.717, 1.165) is 11.9 Å². The van der Waals surface area contributed by atoms with E-state index in [1.165, 1.54) is 57.9 Å². The Kier molecular flexibility index (Phi) is 3.73. The van der Waals surface area contributed by atoms with Crippen molar-refractivity contribution in [1.82, 2.24) is 5.32 Å². The van der Waals surface area contributed by atoms with Crippen LogP contribution in [0.4, 0.5) is 0 Å². The van der Waals surface area contributed by atoms with E-state index in [9.17, 15) is 0 Å². The third kappa shape index (κ3) is 2.87. The Morgan fingerprint density at radius 3 is 2.21 bits per heavy atom. The third-order valence-corrected chi connectivity index (χ3v) is 4.43. The molecule has 0 aliphatic heterocycles. The average molecular weight is 216 g/mol. The fraction of sp³-hybridized carbons (Fsp3) is 1.00. The average Bonchev–Trinajstić information content (AvgIpc) is 3.01. The Morgan fingerprint density at radius 2 is 1.71 bits per heavy atom. The van der Waals surface area contributed by atoms with E-state index in [1.54, 1.807) is 0 Å². The summed E-state index contributed by atoms with van der Waals surface area (Å²) in [6.45, 7) is 1.17. The topological polar surface area (TPSA) is 12.0 Å². The summed E-state index contributed by atoms with van der Waals surface area (Å²) in [5.74, 6) is 0.854. The Morgan fingerprint density at radius 1 is 1.07 bits per heavy atom. The smallest absolute Gasteiger partial charge is 0.0292 e. The zero-order valence-electron chi connectivity index (χ0n) is 9.03. The Balaban J connectivity index is 1.68.